The summed E-state index contributed by atoms with van der Waals surface area (Å²) in [6.45, 7) is 9.29. The van der Waals surface area contributed by atoms with Crippen LogP contribution in [0.3, 0.4) is 0 Å². The van der Waals surface area contributed by atoms with Crippen LogP contribution in [0.2, 0.25) is 5.02 Å². The number of aliphatic hydroxyl groups is 1. The molecule has 11 heteroatoms. The van der Waals surface area contributed by atoms with Crippen LogP contribution in [-0.4, -0.2) is 92.7 Å². The number of benzene rings is 3. The lowest BCUT2D eigenvalue weighted by atomic mass is 9.93. The van der Waals surface area contributed by atoms with Crippen LogP contribution < -0.4 is 4.90 Å². The van der Waals surface area contributed by atoms with E-state index in [1.807, 2.05) is 88.4 Å². The standard InChI is InChI=1S/C41H49ClN6O4/c1-4-6-18-44(19-7-5-2)41(52)37-22-29(3)48(43-37)38-17-16-33(45-20-21-46(39(50)27-45)25-32-14-10-11-15-36(32)42)24-35(38)40(51)47-26-31-13-9-8-12-30(31)23-34(47)28-49/h8-17,22,24,34,49H,4-7,18-21,23,25-28H2,1-3H3. The second kappa shape index (κ2) is 16.8. The van der Waals surface area contributed by atoms with E-state index in [4.69, 9.17) is 16.7 Å². The first-order valence-electron chi connectivity index (χ1n) is 18.5. The molecule has 3 amide bonds. The zero-order valence-electron chi connectivity index (χ0n) is 30.4. The third-order valence-electron chi connectivity index (χ3n) is 10.2. The number of rotatable bonds is 13. The van der Waals surface area contributed by atoms with Crippen molar-refractivity contribution in [2.75, 3.05) is 44.2 Å². The van der Waals surface area contributed by atoms with Gasteiger partial charge in [0.25, 0.3) is 11.8 Å². The summed E-state index contributed by atoms with van der Waals surface area (Å²) in [7, 11) is 0. The Bertz CT molecular complexity index is 1900. The SMILES string of the molecule is CCCCN(CCCC)C(=O)c1cc(C)n(-c2ccc(N3CCN(Cc4ccccc4Cl)C(=O)C3)cc2C(=O)N2Cc3ccccc3CC2CO)n1. The normalized spacial score (nSPS) is 15.9. The Balaban J connectivity index is 1.34. The highest BCUT2D eigenvalue weighted by Crippen LogP contribution is 2.31. The second-order valence-corrected chi connectivity index (χ2v) is 14.3. The predicted octanol–water partition coefficient (Wildman–Crippen LogP) is 6.28. The van der Waals surface area contributed by atoms with Gasteiger partial charge in [-0.25, -0.2) is 4.68 Å². The molecule has 0 saturated carbocycles. The highest BCUT2D eigenvalue weighted by atomic mass is 35.5. The number of aryl methyl sites for hydroxylation is 1. The van der Waals surface area contributed by atoms with E-state index >= 15 is 0 Å². The van der Waals surface area contributed by atoms with Gasteiger partial charge in [0.05, 0.1) is 30.4 Å². The number of carbonyl (C=O) groups is 3. The Hall–Kier alpha value is -4.67. The summed E-state index contributed by atoms with van der Waals surface area (Å²) in [5, 5.41) is 15.9. The average molecular weight is 725 g/mol. The van der Waals surface area contributed by atoms with E-state index in [-0.39, 0.29) is 30.9 Å². The van der Waals surface area contributed by atoms with Gasteiger partial charge < -0.3 is 24.7 Å². The van der Waals surface area contributed by atoms with Gasteiger partial charge in [-0.2, -0.15) is 5.10 Å². The smallest absolute Gasteiger partial charge is 0.274 e. The van der Waals surface area contributed by atoms with Crippen molar-refractivity contribution in [1.29, 1.82) is 0 Å². The first-order chi connectivity index (χ1) is 25.2. The Morgan fingerprint density at radius 3 is 2.33 bits per heavy atom. The molecule has 0 spiro atoms. The summed E-state index contributed by atoms with van der Waals surface area (Å²) in [6, 6.07) is 22.5. The van der Waals surface area contributed by atoms with Gasteiger partial charge in [-0.1, -0.05) is 80.8 Å². The molecule has 1 unspecified atom stereocenters. The molecule has 1 fully saturated rings. The van der Waals surface area contributed by atoms with Crippen LogP contribution in [0.1, 0.15) is 82.8 Å². The molecule has 1 aromatic heterocycles. The van der Waals surface area contributed by atoms with Crippen LogP contribution in [0.5, 0.6) is 0 Å². The maximum atomic E-state index is 14.7. The molecule has 1 N–H and O–H groups in total. The lowest BCUT2D eigenvalue weighted by molar-refractivity contribution is -0.131. The molecule has 2 aliphatic rings. The van der Waals surface area contributed by atoms with Gasteiger partial charge in [0.15, 0.2) is 5.69 Å². The quantitative estimate of drug-likeness (QED) is 0.174. The minimum absolute atomic E-state index is 0.0297. The molecule has 274 valence electrons. The van der Waals surface area contributed by atoms with Crippen molar-refractivity contribution >= 4 is 35.0 Å². The van der Waals surface area contributed by atoms with Gasteiger partial charge >= 0.3 is 0 Å². The van der Waals surface area contributed by atoms with Gasteiger partial charge in [0, 0.05) is 55.7 Å². The molecule has 0 bridgehead atoms. The van der Waals surface area contributed by atoms with Gasteiger partial charge in [-0.15, -0.1) is 0 Å². The zero-order chi connectivity index (χ0) is 36.8. The molecule has 52 heavy (non-hydrogen) atoms. The number of hydrogen-bond acceptors (Lipinski definition) is 6. The van der Waals surface area contributed by atoms with E-state index in [1.54, 1.807) is 15.6 Å². The number of unbranched alkanes of at least 4 members (excludes halogenated alkanes) is 2. The van der Waals surface area contributed by atoms with Crippen LogP contribution in [-0.2, 0) is 24.3 Å². The van der Waals surface area contributed by atoms with E-state index < -0.39 is 6.04 Å². The molecule has 6 rings (SSSR count). The highest BCUT2D eigenvalue weighted by molar-refractivity contribution is 6.31. The summed E-state index contributed by atoms with van der Waals surface area (Å²) in [4.78, 5) is 49.4. The molecule has 10 nitrogen and oxygen atoms in total. The van der Waals surface area contributed by atoms with Crippen LogP contribution in [0.4, 0.5) is 5.69 Å². The Morgan fingerprint density at radius 2 is 1.63 bits per heavy atom. The first-order valence-corrected chi connectivity index (χ1v) is 18.8. The van der Waals surface area contributed by atoms with E-state index in [2.05, 4.69) is 13.8 Å². The molecule has 3 heterocycles. The largest absolute Gasteiger partial charge is 0.394 e. The number of amides is 3. The molecule has 3 aromatic carbocycles. The van der Waals surface area contributed by atoms with Crippen molar-refractivity contribution in [3.63, 3.8) is 0 Å². The third kappa shape index (κ3) is 8.03. The molecule has 1 atom stereocenters. The third-order valence-corrected chi connectivity index (χ3v) is 10.6. The number of hydrogen-bond donors (Lipinski definition) is 1. The average Bonchev–Trinajstić information content (AvgIpc) is 3.56. The number of anilines is 1. The van der Waals surface area contributed by atoms with E-state index in [9.17, 15) is 19.5 Å². The van der Waals surface area contributed by atoms with E-state index in [1.165, 1.54) is 0 Å². The van der Waals surface area contributed by atoms with Crippen molar-refractivity contribution in [2.24, 2.45) is 0 Å². The fourth-order valence-electron chi connectivity index (χ4n) is 7.15. The Morgan fingerprint density at radius 1 is 0.923 bits per heavy atom. The molecule has 0 radical (unpaired) electrons. The topological polar surface area (TPSA) is 102 Å². The van der Waals surface area contributed by atoms with Crippen molar-refractivity contribution in [1.82, 2.24) is 24.5 Å². The summed E-state index contributed by atoms with van der Waals surface area (Å²) >= 11 is 6.40. The number of piperazine rings is 1. The van der Waals surface area contributed by atoms with Gasteiger partial charge in [-0.3, -0.25) is 14.4 Å². The Labute approximate surface area is 311 Å². The predicted molar refractivity (Wildman–Crippen MR) is 204 cm³/mol. The zero-order valence-corrected chi connectivity index (χ0v) is 31.2. The first kappa shape index (κ1) is 37.1. The minimum atomic E-state index is -0.407. The lowest BCUT2D eigenvalue weighted by Gasteiger charge is -2.37. The van der Waals surface area contributed by atoms with Crippen molar-refractivity contribution < 1.29 is 19.5 Å². The van der Waals surface area contributed by atoms with Crippen molar-refractivity contribution in [2.45, 2.75) is 72.0 Å². The van der Waals surface area contributed by atoms with Crippen LogP contribution in [0.15, 0.2) is 72.8 Å². The molecule has 1 saturated heterocycles. The number of carbonyl (C=O) groups excluding carboxylic acids is 3. The highest BCUT2D eigenvalue weighted by Gasteiger charge is 2.33. The van der Waals surface area contributed by atoms with Crippen LogP contribution in [0.25, 0.3) is 5.69 Å². The van der Waals surface area contributed by atoms with Crippen molar-refractivity contribution in [3.8, 4) is 5.69 Å². The second-order valence-electron chi connectivity index (χ2n) is 13.9. The maximum absolute atomic E-state index is 14.7. The summed E-state index contributed by atoms with van der Waals surface area (Å²) in [5.74, 6) is -0.392. The lowest BCUT2D eigenvalue weighted by Crippen LogP contribution is -2.50. The molecule has 0 aliphatic carbocycles. The summed E-state index contributed by atoms with van der Waals surface area (Å²) < 4.78 is 1.68. The molecule has 2 aliphatic heterocycles. The number of aromatic nitrogens is 2. The van der Waals surface area contributed by atoms with E-state index in [0.29, 0.717) is 67.7 Å². The number of fused-ring (bicyclic) bond motifs is 1. The van der Waals surface area contributed by atoms with Gasteiger partial charge in [0.1, 0.15) is 0 Å². The van der Waals surface area contributed by atoms with Gasteiger partial charge in [-0.05, 0) is 73.2 Å². The fraction of sp³-hybridized carbons (Fsp3) is 0.415. The Kier molecular flexibility index (Phi) is 12.0. The van der Waals surface area contributed by atoms with Gasteiger partial charge in [0.2, 0.25) is 5.91 Å². The van der Waals surface area contributed by atoms with E-state index in [0.717, 1.165) is 53.8 Å². The number of aliphatic hydroxyl groups excluding tert-OH is 1. The van der Waals surface area contributed by atoms with Crippen LogP contribution >= 0.6 is 11.6 Å². The monoisotopic (exact) mass is 724 g/mol. The minimum Gasteiger partial charge on any atom is -0.394 e. The maximum Gasteiger partial charge on any atom is 0.274 e. The molecular formula is C41H49ClN6O4. The van der Waals surface area contributed by atoms with Crippen LogP contribution in [0, 0.1) is 6.92 Å². The van der Waals surface area contributed by atoms with Crippen molar-refractivity contribution in [3.05, 3.63) is 111 Å². The molecular weight excluding hydrogens is 676 g/mol. The summed E-state index contributed by atoms with van der Waals surface area (Å²) in [5.41, 5.74) is 5.79. The molecule has 4 aromatic rings. The summed E-state index contributed by atoms with van der Waals surface area (Å²) in [6.07, 6.45) is 4.34. The number of halogens is 1. The number of nitrogens with zero attached hydrogens (tertiary/aromatic N) is 6. The fourth-order valence-corrected chi connectivity index (χ4v) is 7.34.